The van der Waals surface area contributed by atoms with Crippen molar-refractivity contribution in [3.63, 3.8) is 0 Å². The van der Waals surface area contributed by atoms with Crippen LogP contribution in [0.3, 0.4) is 0 Å². The number of rotatable bonds is 1. The Morgan fingerprint density at radius 2 is 1.86 bits per heavy atom. The lowest BCUT2D eigenvalue weighted by Crippen LogP contribution is -2.11. The predicted molar refractivity (Wildman–Crippen MR) is 37.2 cm³/mol. The van der Waals surface area contributed by atoms with Crippen LogP contribution >= 0.6 is 55.1 Å². The van der Waals surface area contributed by atoms with Crippen LogP contribution in [0.5, 0.6) is 0 Å². The molecule has 5 heteroatoms. The summed E-state index contributed by atoms with van der Waals surface area (Å²) in [7, 11) is 0. The van der Waals surface area contributed by atoms with Gasteiger partial charge in [-0.25, -0.2) is 4.39 Å². The molecule has 44 valence electrons. The Kier molecular flexibility index (Phi) is 3.45. The van der Waals surface area contributed by atoms with E-state index in [0.29, 0.717) is 0 Å². The molecule has 0 aliphatic heterocycles. The van der Waals surface area contributed by atoms with Gasteiger partial charge in [-0.15, -0.1) is 11.6 Å². The predicted octanol–water partition coefficient (Wildman–Crippen LogP) is 3.20. The molecule has 0 N–H and O–H groups in total. The maximum atomic E-state index is 12.0. The molecule has 2 unspecified atom stereocenters. The minimum Gasteiger partial charge on any atom is -0.211 e. The fourth-order valence-corrected chi connectivity index (χ4v) is 0. The molecule has 0 radical (unpaired) electrons. The van der Waals surface area contributed by atoms with Crippen LogP contribution in [0.2, 0.25) is 0 Å². The highest BCUT2D eigenvalue weighted by Crippen LogP contribution is 2.36. The second-order valence-corrected chi connectivity index (χ2v) is 4.88. The maximum absolute atomic E-state index is 12.0. The topological polar surface area (TPSA) is 0 Å². The fourth-order valence-electron chi connectivity index (χ4n) is 0. The van der Waals surface area contributed by atoms with Crippen molar-refractivity contribution in [3.8, 4) is 0 Å². The van der Waals surface area contributed by atoms with E-state index in [2.05, 4.69) is 31.9 Å². The molecule has 0 fully saturated rings. The first-order valence-electron chi connectivity index (χ1n) is 1.29. The van der Waals surface area contributed by atoms with Crippen LogP contribution in [-0.2, 0) is 0 Å². The number of hydrogen-bond acceptors (Lipinski definition) is 0. The highest BCUT2D eigenvalue weighted by atomic mass is 79.9. The van der Waals surface area contributed by atoms with E-state index >= 15 is 0 Å². The van der Waals surface area contributed by atoms with Gasteiger partial charge in [0.25, 0.3) is 4.04 Å². The second kappa shape index (κ2) is 2.85. The highest BCUT2D eigenvalue weighted by Gasteiger charge is 2.29. The van der Waals surface area contributed by atoms with Crippen molar-refractivity contribution in [1.29, 1.82) is 0 Å². The summed E-state index contributed by atoms with van der Waals surface area (Å²) in [4.78, 5) is 0. The van der Waals surface area contributed by atoms with Crippen LogP contribution in [0.15, 0.2) is 0 Å². The van der Waals surface area contributed by atoms with Gasteiger partial charge >= 0.3 is 0 Å². The van der Waals surface area contributed by atoms with Gasteiger partial charge in [-0.1, -0.05) is 27.5 Å². The van der Waals surface area contributed by atoms with Crippen molar-refractivity contribution < 1.29 is 4.39 Å². The SMILES string of the molecule is FC(Cl)(Br)C(Cl)Br. The normalized spacial score (nSPS) is 23.6. The van der Waals surface area contributed by atoms with Crippen LogP contribution in [-0.4, -0.2) is 8.32 Å². The van der Waals surface area contributed by atoms with E-state index in [0.717, 1.165) is 0 Å². The van der Waals surface area contributed by atoms with Crippen LogP contribution in [0.4, 0.5) is 4.39 Å². The molecule has 0 spiro atoms. The molecule has 0 saturated heterocycles. The molecule has 0 heterocycles. The van der Waals surface area contributed by atoms with Gasteiger partial charge in [-0.2, -0.15) is 0 Å². The molecule has 0 bridgehead atoms. The molecule has 0 aromatic carbocycles. The Labute approximate surface area is 67.6 Å². The van der Waals surface area contributed by atoms with E-state index in [9.17, 15) is 4.39 Å². The van der Waals surface area contributed by atoms with Gasteiger partial charge in [0, 0.05) is 0 Å². The van der Waals surface area contributed by atoms with Gasteiger partial charge in [0.15, 0.2) is 0 Å². The number of alkyl halides is 5. The molecule has 0 aliphatic carbocycles. The van der Waals surface area contributed by atoms with Crippen molar-refractivity contribution in [2.45, 2.75) is 8.32 Å². The molecule has 0 saturated carbocycles. The molecule has 0 rings (SSSR count). The van der Waals surface area contributed by atoms with E-state index in [1.165, 1.54) is 0 Å². The van der Waals surface area contributed by atoms with Gasteiger partial charge in [0.2, 0.25) is 0 Å². The Hall–Kier alpha value is 1.47. The summed E-state index contributed by atoms with van der Waals surface area (Å²) in [6.07, 6.45) is 0. The molecule has 0 aromatic heterocycles. The molecular formula is C2HBr2Cl2F. The Morgan fingerprint density at radius 3 is 1.86 bits per heavy atom. The zero-order valence-corrected chi connectivity index (χ0v) is 7.65. The first-order chi connectivity index (χ1) is 2.94. The average molecular weight is 275 g/mol. The smallest absolute Gasteiger partial charge is 0.211 e. The Balaban J connectivity index is 3.54. The first kappa shape index (κ1) is 8.47. The lowest BCUT2D eigenvalue weighted by atomic mass is 10.9. The second-order valence-electron chi connectivity index (χ2n) is 0.842. The van der Waals surface area contributed by atoms with Crippen LogP contribution in [0.1, 0.15) is 0 Å². The number of halogens is 5. The van der Waals surface area contributed by atoms with Gasteiger partial charge in [-0.3, -0.25) is 0 Å². The summed E-state index contributed by atoms with van der Waals surface area (Å²) < 4.78 is 9.08. The van der Waals surface area contributed by atoms with Crippen molar-refractivity contribution in [3.05, 3.63) is 0 Å². The third-order valence-corrected chi connectivity index (χ3v) is 3.11. The lowest BCUT2D eigenvalue weighted by Gasteiger charge is -2.08. The third-order valence-electron chi connectivity index (χ3n) is 0.247. The van der Waals surface area contributed by atoms with E-state index in [1.807, 2.05) is 0 Å². The lowest BCUT2D eigenvalue weighted by molar-refractivity contribution is 0.437. The molecular weight excluding hydrogens is 274 g/mol. The summed E-state index contributed by atoms with van der Waals surface area (Å²) in [6, 6.07) is 0. The molecule has 7 heavy (non-hydrogen) atoms. The maximum Gasteiger partial charge on any atom is 0.263 e. The minimum atomic E-state index is -2.03. The molecule has 0 aliphatic rings. The summed E-state index contributed by atoms with van der Waals surface area (Å²) in [5, 5.41) is 0. The molecule has 2 atom stereocenters. The van der Waals surface area contributed by atoms with Crippen molar-refractivity contribution in [2.24, 2.45) is 0 Å². The standard InChI is InChI=1S/C2HBr2Cl2F/c3-1(5)2(4,6)7/h1H. The zero-order valence-electron chi connectivity index (χ0n) is 2.97. The summed E-state index contributed by atoms with van der Waals surface area (Å²) in [6.45, 7) is 0. The van der Waals surface area contributed by atoms with Gasteiger partial charge in [-0.05, 0) is 15.9 Å². The first-order valence-corrected chi connectivity index (χ1v) is 3.82. The highest BCUT2D eigenvalue weighted by molar-refractivity contribution is 9.13. The quantitative estimate of drug-likeness (QED) is 0.644. The average Bonchev–Trinajstić information content (AvgIpc) is 1.31. The number of hydrogen-bond donors (Lipinski definition) is 0. The van der Waals surface area contributed by atoms with E-state index in [1.54, 1.807) is 0 Å². The Morgan fingerprint density at radius 1 is 1.71 bits per heavy atom. The third kappa shape index (κ3) is 4.01. The molecule has 0 amide bonds. The van der Waals surface area contributed by atoms with Crippen LogP contribution < -0.4 is 0 Å². The van der Waals surface area contributed by atoms with Gasteiger partial charge < -0.3 is 0 Å². The fraction of sp³-hybridized carbons (Fsp3) is 1.00. The molecule has 0 nitrogen and oxygen atoms in total. The van der Waals surface area contributed by atoms with Crippen molar-refractivity contribution in [2.75, 3.05) is 0 Å². The monoisotopic (exact) mass is 272 g/mol. The van der Waals surface area contributed by atoms with Crippen LogP contribution in [0.25, 0.3) is 0 Å². The minimum absolute atomic E-state index is 0.901. The zero-order chi connectivity index (χ0) is 6.08. The summed E-state index contributed by atoms with van der Waals surface area (Å²) in [5.41, 5.74) is 0. The van der Waals surface area contributed by atoms with Crippen molar-refractivity contribution >= 4 is 55.1 Å². The van der Waals surface area contributed by atoms with Crippen molar-refractivity contribution in [1.82, 2.24) is 0 Å². The van der Waals surface area contributed by atoms with Crippen LogP contribution in [0, 0.1) is 0 Å². The molecule has 0 aromatic rings. The Bertz CT molecular complexity index is 59.2. The largest absolute Gasteiger partial charge is 0.263 e. The van der Waals surface area contributed by atoms with Gasteiger partial charge in [0.05, 0.1) is 0 Å². The van der Waals surface area contributed by atoms with Gasteiger partial charge in [0.1, 0.15) is 4.29 Å². The summed E-state index contributed by atoms with van der Waals surface area (Å²) in [5.74, 6) is 0. The van der Waals surface area contributed by atoms with E-state index in [-0.39, 0.29) is 0 Å². The summed E-state index contributed by atoms with van der Waals surface area (Å²) >= 11 is 15.2. The van der Waals surface area contributed by atoms with E-state index in [4.69, 9.17) is 23.2 Å². The van der Waals surface area contributed by atoms with E-state index < -0.39 is 8.32 Å².